The summed E-state index contributed by atoms with van der Waals surface area (Å²) in [6, 6.07) is 13.5. The van der Waals surface area contributed by atoms with Crippen LogP contribution in [0.3, 0.4) is 0 Å². The summed E-state index contributed by atoms with van der Waals surface area (Å²) in [5.41, 5.74) is 2.83. The third kappa shape index (κ3) is 5.31. The molecule has 0 amide bonds. The number of aromatic nitrogens is 4. The molecule has 0 aliphatic heterocycles. The summed E-state index contributed by atoms with van der Waals surface area (Å²) in [7, 11) is -1.90. The minimum absolute atomic E-state index is 0.202. The van der Waals surface area contributed by atoms with Gasteiger partial charge in [-0.2, -0.15) is 15.4 Å². The molecule has 4 rings (SSSR count). The molecular weight excluding hydrogens is 518 g/mol. The monoisotopic (exact) mass is 535 g/mol. The zero-order chi connectivity index (χ0) is 24.5. The number of hydroxylamine groups is 2. The van der Waals surface area contributed by atoms with Crippen molar-refractivity contribution in [3.05, 3.63) is 59.2 Å². The summed E-state index contributed by atoms with van der Waals surface area (Å²) >= 11 is 12.3. The van der Waals surface area contributed by atoms with Gasteiger partial charge in [0, 0.05) is 35.2 Å². The number of thiocarbonyl (C=S) groups is 1. The number of hydrogen-bond donors (Lipinski definition) is 2. The normalized spacial score (nSPS) is 11.5. The second-order valence-corrected chi connectivity index (χ2v) is 11.3. The maximum atomic E-state index is 11.9. The molecule has 2 aromatic heterocycles. The van der Waals surface area contributed by atoms with Crippen LogP contribution in [0.25, 0.3) is 34.2 Å². The molecule has 4 aromatic rings. The summed E-state index contributed by atoms with van der Waals surface area (Å²) in [6.45, 7) is 0. The highest BCUT2D eigenvalue weighted by molar-refractivity contribution is 8.22. The molecule has 0 atom stereocenters. The van der Waals surface area contributed by atoms with Crippen molar-refractivity contribution in [2.24, 2.45) is 0 Å². The van der Waals surface area contributed by atoms with Crippen molar-refractivity contribution in [2.75, 3.05) is 13.3 Å². The van der Waals surface area contributed by atoms with E-state index in [1.807, 2.05) is 0 Å². The first-order chi connectivity index (χ1) is 16.1. The SMILES string of the molecule is CN(O)C(=S)SCc1n[nH]nc1-c1nc(-c2ccc(S(C)(=O)=O)cc2)c(-c2ccc(Cl)cc2)o1. The Hall–Kier alpha value is -2.77. The number of oxazole rings is 1. The van der Waals surface area contributed by atoms with E-state index in [1.54, 1.807) is 36.4 Å². The van der Waals surface area contributed by atoms with Gasteiger partial charge in [-0.1, -0.05) is 47.7 Å². The number of aromatic amines is 1. The van der Waals surface area contributed by atoms with Crippen molar-refractivity contribution in [1.82, 2.24) is 25.5 Å². The minimum Gasteiger partial charge on any atom is -0.434 e. The predicted molar refractivity (Wildman–Crippen MR) is 134 cm³/mol. The smallest absolute Gasteiger partial charge is 0.250 e. The minimum atomic E-state index is -3.34. The molecule has 13 heteroatoms. The molecule has 0 bridgehead atoms. The number of nitrogens with one attached hydrogen (secondary N) is 1. The van der Waals surface area contributed by atoms with Crippen molar-refractivity contribution in [1.29, 1.82) is 0 Å². The number of halogens is 1. The largest absolute Gasteiger partial charge is 0.434 e. The van der Waals surface area contributed by atoms with Gasteiger partial charge in [-0.15, -0.1) is 0 Å². The van der Waals surface area contributed by atoms with E-state index in [-0.39, 0.29) is 15.1 Å². The van der Waals surface area contributed by atoms with Crippen LogP contribution in [0.15, 0.2) is 57.8 Å². The number of benzene rings is 2. The average molecular weight is 536 g/mol. The zero-order valence-corrected chi connectivity index (χ0v) is 21.1. The van der Waals surface area contributed by atoms with E-state index in [9.17, 15) is 13.6 Å². The quantitative estimate of drug-likeness (QED) is 0.265. The van der Waals surface area contributed by atoms with Gasteiger partial charge in [-0.05, 0) is 36.4 Å². The number of nitrogens with zero attached hydrogens (tertiary/aromatic N) is 4. The Morgan fingerprint density at radius 1 is 1.12 bits per heavy atom. The Morgan fingerprint density at radius 3 is 2.38 bits per heavy atom. The van der Waals surface area contributed by atoms with Crippen LogP contribution in [0.4, 0.5) is 0 Å². The van der Waals surface area contributed by atoms with E-state index in [1.165, 1.54) is 30.9 Å². The molecule has 9 nitrogen and oxygen atoms in total. The first kappa shape index (κ1) is 24.4. The van der Waals surface area contributed by atoms with Crippen LogP contribution in [0, 0.1) is 0 Å². The van der Waals surface area contributed by atoms with Crippen molar-refractivity contribution in [2.45, 2.75) is 10.6 Å². The lowest BCUT2D eigenvalue weighted by molar-refractivity contribution is 0.0205. The molecule has 34 heavy (non-hydrogen) atoms. The van der Waals surface area contributed by atoms with E-state index >= 15 is 0 Å². The lowest BCUT2D eigenvalue weighted by atomic mass is 10.1. The van der Waals surface area contributed by atoms with Crippen LogP contribution in [-0.4, -0.2) is 56.7 Å². The molecule has 2 heterocycles. The van der Waals surface area contributed by atoms with Crippen LogP contribution in [0.5, 0.6) is 0 Å². The van der Waals surface area contributed by atoms with Crippen molar-refractivity contribution in [3.8, 4) is 34.2 Å². The molecule has 0 spiro atoms. The standard InChI is InChI=1S/C21H18ClN5O4S3/c1-27(28)21(32)33-11-16-18(25-26-24-16)20-23-17(12-5-9-15(10-6-12)34(2,29)30)19(31-20)13-3-7-14(22)8-4-13/h3-10,28H,11H2,1-2H3,(H,24,25,26). The summed E-state index contributed by atoms with van der Waals surface area (Å²) in [4.78, 5) is 4.87. The highest BCUT2D eigenvalue weighted by Gasteiger charge is 2.23. The number of H-pyrrole nitrogens is 1. The molecule has 0 unspecified atom stereocenters. The van der Waals surface area contributed by atoms with E-state index in [0.29, 0.717) is 39.2 Å². The van der Waals surface area contributed by atoms with Gasteiger partial charge >= 0.3 is 0 Å². The Balaban J connectivity index is 1.78. The molecule has 0 saturated carbocycles. The van der Waals surface area contributed by atoms with Crippen LogP contribution in [0.2, 0.25) is 5.02 Å². The van der Waals surface area contributed by atoms with Crippen LogP contribution < -0.4 is 0 Å². The van der Waals surface area contributed by atoms with Gasteiger partial charge in [0.1, 0.15) is 11.4 Å². The first-order valence-corrected chi connectivity index (χ1v) is 13.4. The van der Waals surface area contributed by atoms with E-state index in [2.05, 4.69) is 20.4 Å². The van der Waals surface area contributed by atoms with Crippen LogP contribution in [0.1, 0.15) is 5.69 Å². The molecule has 0 radical (unpaired) electrons. The zero-order valence-electron chi connectivity index (χ0n) is 17.9. The Morgan fingerprint density at radius 2 is 1.76 bits per heavy atom. The van der Waals surface area contributed by atoms with Crippen molar-refractivity contribution >= 4 is 49.7 Å². The number of rotatable bonds is 6. The van der Waals surface area contributed by atoms with Gasteiger partial charge in [0.2, 0.25) is 5.89 Å². The summed E-state index contributed by atoms with van der Waals surface area (Å²) in [5, 5.41) is 21.8. The fourth-order valence-electron chi connectivity index (χ4n) is 3.02. The molecule has 0 aliphatic rings. The first-order valence-electron chi connectivity index (χ1n) is 9.70. The Bertz CT molecular complexity index is 1430. The van der Waals surface area contributed by atoms with Gasteiger partial charge in [0.15, 0.2) is 25.6 Å². The van der Waals surface area contributed by atoms with Crippen molar-refractivity contribution in [3.63, 3.8) is 0 Å². The number of sulfone groups is 1. The molecule has 0 saturated heterocycles. The lowest BCUT2D eigenvalue weighted by Crippen LogP contribution is -2.17. The summed E-state index contributed by atoms with van der Waals surface area (Å²) in [5.74, 6) is 1.01. The van der Waals surface area contributed by atoms with Gasteiger partial charge in [-0.3, -0.25) is 5.21 Å². The van der Waals surface area contributed by atoms with E-state index in [0.717, 1.165) is 16.9 Å². The maximum absolute atomic E-state index is 11.9. The average Bonchev–Trinajstić information content (AvgIpc) is 3.44. The Labute approximate surface area is 210 Å². The van der Waals surface area contributed by atoms with Gasteiger partial charge in [-0.25, -0.2) is 18.5 Å². The van der Waals surface area contributed by atoms with Crippen LogP contribution in [-0.2, 0) is 15.6 Å². The van der Waals surface area contributed by atoms with E-state index in [4.69, 9.17) is 28.2 Å². The second kappa shape index (κ2) is 9.84. The third-order valence-corrected chi connectivity index (χ3v) is 7.64. The molecule has 2 aromatic carbocycles. The van der Waals surface area contributed by atoms with Crippen LogP contribution >= 0.6 is 35.6 Å². The van der Waals surface area contributed by atoms with Crippen molar-refractivity contribution < 1.29 is 18.0 Å². The molecule has 176 valence electrons. The highest BCUT2D eigenvalue weighted by atomic mass is 35.5. The second-order valence-electron chi connectivity index (χ2n) is 7.20. The summed E-state index contributed by atoms with van der Waals surface area (Å²) in [6.07, 6.45) is 1.15. The van der Waals surface area contributed by atoms with E-state index < -0.39 is 9.84 Å². The fraction of sp³-hybridized carbons (Fsp3) is 0.143. The molecule has 0 fully saturated rings. The number of hydrogen-bond acceptors (Lipinski definition) is 9. The third-order valence-electron chi connectivity index (χ3n) is 4.71. The number of thioether (sulfide) groups is 1. The Kier molecular flexibility index (Phi) is 7.05. The lowest BCUT2D eigenvalue weighted by Gasteiger charge is -2.09. The summed E-state index contributed by atoms with van der Waals surface area (Å²) < 4.78 is 30.1. The van der Waals surface area contributed by atoms with Gasteiger partial charge in [0.25, 0.3) is 0 Å². The highest BCUT2D eigenvalue weighted by Crippen LogP contribution is 2.37. The van der Waals surface area contributed by atoms with Gasteiger partial charge < -0.3 is 4.42 Å². The topological polar surface area (TPSA) is 125 Å². The fourth-order valence-corrected chi connectivity index (χ4v) is 4.60. The maximum Gasteiger partial charge on any atom is 0.250 e. The molecular formula is C21H18ClN5O4S3. The molecule has 0 aliphatic carbocycles. The predicted octanol–water partition coefficient (Wildman–Crippen LogP) is 4.69. The van der Waals surface area contributed by atoms with Gasteiger partial charge in [0.05, 0.1) is 4.90 Å². The molecule has 2 N–H and O–H groups in total.